The number of methoxy groups -OCH3 is 4. The van der Waals surface area contributed by atoms with Gasteiger partial charge < -0.3 is 42.9 Å². The molecule has 1 fully saturated rings. The fourth-order valence-electron chi connectivity index (χ4n) is 7.56. The van der Waals surface area contributed by atoms with Crippen LogP contribution in [0.1, 0.15) is 108 Å². The van der Waals surface area contributed by atoms with E-state index in [4.69, 9.17) is 44.4 Å². The highest BCUT2D eigenvalue weighted by atomic mass is 35.5. The Labute approximate surface area is 299 Å². The molecule has 0 aromatic heterocycles. The first-order chi connectivity index (χ1) is 23.1. The fraction of sp³-hybridized carbons (Fsp3) is 0.649. The molecule has 2 atom stereocenters. The molecule has 1 amide bonds. The number of aliphatic hydroxyl groups excluding tert-OH is 1. The number of halogens is 1. The minimum atomic E-state index is -2.46. The minimum Gasteiger partial charge on any atom is -0.496 e. The van der Waals surface area contributed by atoms with Gasteiger partial charge in [0.25, 0.3) is 5.91 Å². The number of nitrogens with zero attached hydrogens (tertiary/aromatic N) is 1. The monoisotopic (exact) mass is 723 g/mol. The summed E-state index contributed by atoms with van der Waals surface area (Å²) in [5, 5.41) is 12.3. The second kappa shape index (κ2) is 17.1. The molecule has 0 aliphatic carbocycles. The number of ether oxygens (including phenoxy) is 6. The average Bonchev–Trinajstić information content (AvgIpc) is 3.50. The molecular weight excluding hydrogens is 666 g/mol. The van der Waals surface area contributed by atoms with Crippen molar-refractivity contribution in [2.75, 3.05) is 54.7 Å². The van der Waals surface area contributed by atoms with E-state index in [1.54, 1.807) is 37.3 Å². The van der Waals surface area contributed by atoms with Crippen molar-refractivity contribution in [3.63, 3.8) is 0 Å². The van der Waals surface area contributed by atoms with Crippen molar-refractivity contribution in [1.82, 2.24) is 4.90 Å². The van der Waals surface area contributed by atoms with Crippen LogP contribution in [-0.2, 0) is 13.9 Å². The van der Waals surface area contributed by atoms with Crippen LogP contribution in [0.3, 0.4) is 0 Å². The second-order valence-corrected chi connectivity index (χ2v) is 19.4. The van der Waals surface area contributed by atoms with Gasteiger partial charge in [-0.15, -0.1) is 0 Å². The van der Waals surface area contributed by atoms with Gasteiger partial charge in [0.15, 0.2) is 11.5 Å². The van der Waals surface area contributed by atoms with Gasteiger partial charge in [0.1, 0.15) is 28.4 Å². The zero-order chi connectivity index (χ0) is 36.8. The van der Waals surface area contributed by atoms with Gasteiger partial charge in [0, 0.05) is 25.1 Å². The lowest BCUT2D eigenvalue weighted by atomic mass is 9.92. The van der Waals surface area contributed by atoms with Crippen molar-refractivity contribution in [1.29, 1.82) is 0 Å². The van der Waals surface area contributed by atoms with Gasteiger partial charge in [-0.25, -0.2) is 0 Å². The van der Waals surface area contributed by atoms with Crippen molar-refractivity contribution in [3.8, 4) is 23.0 Å². The highest BCUT2D eigenvalue weighted by Gasteiger charge is 2.49. The molecule has 1 N–H and O–H groups in total. The Hall–Kier alpha value is -2.54. The molecule has 1 heterocycles. The van der Waals surface area contributed by atoms with Crippen LogP contribution in [0.2, 0.25) is 21.6 Å². The fourth-order valence-corrected chi connectivity index (χ4v) is 13.4. The molecule has 1 aliphatic rings. The second-order valence-electron chi connectivity index (χ2n) is 13.6. The van der Waals surface area contributed by atoms with Gasteiger partial charge in [0.05, 0.1) is 58.9 Å². The molecule has 0 saturated carbocycles. The maximum Gasteiger partial charge on any atom is 0.258 e. The molecule has 12 heteroatoms. The van der Waals surface area contributed by atoms with Crippen molar-refractivity contribution in [2.45, 2.75) is 103 Å². The third-order valence-electron chi connectivity index (χ3n) is 9.91. The quantitative estimate of drug-likeness (QED) is 0.161. The number of rotatable bonds is 17. The summed E-state index contributed by atoms with van der Waals surface area (Å²) in [6.07, 6.45) is -1.44. The zero-order valence-corrected chi connectivity index (χ0v) is 33.4. The summed E-state index contributed by atoms with van der Waals surface area (Å²) < 4.78 is 43.0. The van der Waals surface area contributed by atoms with Gasteiger partial charge >= 0.3 is 0 Å². The number of aliphatic hydroxyl groups is 1. The van der Waals surface area contributed by atoms with Crippen LogP contribution in [0.5, 0.6) is 23.0 Å². The predicted molar refractivity (Wildman–Crippen MR) is 195 cm³/mol. The lowest BCUT2D eigenvalue weighted by Gasteiger charge is -2.46. The third-order valence-corrected chi connectivity index (χ3v) is 16.4. The zero-order valence-electron chi connectivity index (χ0n) is 31.7. The molecule has 10 nitrogen and oxygen atoms in total. The molecule has 0 bridgehead atoms. The highest BCUT2D eigenvalue weighted by molar-refractivity contribution is 6.77. The van der Waals surface area contributed by atoms with Gasteiger partial charge in [-0.05, 0) is 61.2 Å². The summed E-state index contributed by atoms with van der Waals surface area (Å²) in [7, 11) is 3.61. The Morgan fingerprint density at radius 1 is 0.878 bits per heavy atom. The Kier molecular flexibility index (Phi) is 14.3. The van der Waals surface area contributed by atoms with Crippen molar-refractivity contribution >= 4 is 25.8 Å². The van der Waals surface area contributed by atoms with E-state index in [0.29, 0.717) is 72.0 Å². The van der Waals surface area contributed by atoms with Crippen LogP contribution >= 0.6 is 11.6 Å². The summed E-state index contributed by atoms with van der Waals surface area (Å²) in [6.45, 7) is 21.1. The van der Waals surface area contributed by atoms with E-state index in [-0.39, 0.29) is 33.6 Å². The summed E-state index contributed by atoms with van der Waals surface area (Å²) in [5.74, 6) is 0.104. The number of carbonyl (C=O) groups excluding carboxylic acids is 1. The topological polar surface area (TPSA) is 105 Å². The lowest BCUT2D eigenvalue weighted by Crippen LogP contribution is -2.49. The molecule has 0 radical (unpaired) electrons. The smallest absolute Gasteiger partial charge is 0.258 e. The maximum absolute atomic E-state index is 13.9. The summed E-state index contributed by atoms with van der Waals surface area (Å²) in [6, 6.07) is 5.11. The van der Waals surface area contributed by atoms with Crippen LogP contribution in [0.25, 0.3) is 0 Å². The first-order valence-corrected chi connectivity index (χ1v) is 19.8. The third kappa shape index (κ3) is 8.18. The summed E-state index contributed by atoms with van der Waals surface area (Å²) in [4.78, 5) is 15.6. The van der Waals surface area contributed by atoms with E-state index >= 15 is 0 Å². The van der Waals surface area contributed by atoms with E-state index in [0.717, 1.165) is 0 Å². The maximum atomic E-state index is 13.9. The van der Waals surface area contributed by atoms with E-state index in [9.17, 15) is 9.90 Å². The average molecular weight is 724 g/mol. The molecule has 0 spiro atoms. The molecule has 276 valence electrons. The summed E-state index contributed by atoms with van der Waals surface area (Å²) in [5.41, 5.74) is 2.47. The van der Waals surface area contributed by atoms with Crippen LogP contribution in [0, 0.1) is 0 Å². The predicted octanol–water partition coefficient (Wildman–Crippen LogP) is 8.32. The largest absolute Gasteiger partial charge is 0.496 e. The molecule has 2 unspecified atom stereocenters. The van der Waals surface area contributed by atoms with Crippen LogP contribution < -0.4 is 18.9 Å². The van der Waals surface area contributed by atoms with Gasteiger partial charge in [-0.2, -0.15) is 0 Å². The van der Waals surface area contributed by atoms with Crippen LogP contribution in [0.4, 0.5) is 0 Å². The van der Waals surface area contributed by atoms with E-state index in [2.05, 4.69) is 41.5 Å². The standard InChI is InChI=1S/C37H58ClNO9Si/c1-14-39(15-2)36(41)31-26(20-29(44-12)33(38)35(31)45-13)34(40)25-18-27(42-10)32(28(19-25)43-11)30(21-37(9)46-16-17-47-37)48-49(22(3)4,23(5)6)24(7)8/h18-20,22-24,30,34,40H,14-17,21H2,1-13H3. The van der Waals surface area contributed by atoms with Crippen molar-refractivity contribution in [2.24, 2.45) is 0 Å². The number of hydrogen-bond acceptors (Lipinski definition) is 9. The normalized spacial score (nSPS) is 15.9. The molecule has 3 rings (SSSR count). The first kappa shape index (κ1) is 40.9. The number of hydrogen-bond donors (Lipinski definition) is 1. The highest BCUT2D eigenvalue weighted by Crippen LogP contribution is 2.51. The van der Waals surface area contributed by atoms with Crippen LogP contribution in [0.15, 0.2) is 18.2 Å². The van der Waals surface area contributed by atoms with E-state index < -0.39 is 26.3 Å². The van der Waals surface area contributed by atoms with Gasteiger partial charge in [-0.3, -0.25) is 4.79 Å². The van der Waals surface area contributed by atoms with Gasteiger partial charge in [0.2, 0.25) is 8.32 Å². The lowest BCUT2D eigenvalue weighted by molar-refractivity contribution is -0.162. The SMILES string of the molecule is CCN(CC)C(=O)c1c(C(O)c2cc(OC)c(C(CC3(C)OCCO3)O[Si](C(C)C)(C(C)C)C(C)C)c(OC)c2)cc(OC)c(Cl)c1OC. The molecule has 2 aromatic carbocycles. The number of amides is 1. The molecule has 2 aromatic rings. The van der Waals surface area contributed by atoms with Crippen molar-refractivity contribution < 1.29 is 42.7 Å². The Balaban J connectivity index is 2.32. The first-order valence-electron chi connectivity index (χ1n) is 17.2. The van der Waals surface area contributed by atoms with Crippen molar-refractivity contribution in [3.05, 3.63) is 45.5 Å². The van der Waals surface area contributed by atoms with E-state index in [1.807, 2.05) is 20.8 Å². The molecular formula is C37H58ClNO9Si. The number of benzene rings is 2. The summed E-state index contributed by atoms with van der Waals surface area (Å²) >= 11 is 6.65. The molecule has 1 aliphatic heterocycles. The Morgan fingerprint density at radius 3 is 1.78 bits per heavy atom. The molecule has 49 heavy (non-hydrogen) atoms. The Morgan fingerprint density at radius 2 is 1.37 bits per heavy atom. The number of carbonyl (C=O) groups is 1. The molecule has 1 saturated heterocycles. The van der Waals surface area contributed by atoms with E-state index in [1.165, 1.54) is 14.2 Å². The Bertz CT molecular complexity index is 1380. The minimum absolute atomic E-state index is 0.123. The van der Waals surface area contributed by atoms with Gasteiger partial charge in [-0.1, -0.05) is 53.1 Å². The van der Waals surface area contributed by atoms with Crippen LogP contribution in [-0.4, -0.2) is 84.8 Å².